The van der Waals surface area contributed by atoms with Gasteiger partial charge < -0.3 is 13.7 Å². The van der Waals surface area contributed by atoms with Crippen molar-refractivity contribution in [3.05, 3.63) is 115 Å². The van der Waals surface area contributed by atoms with Crippen molar-refractivity contribution in [2.24, 2.45) is 0 Å². The molecule has 0 saturated carbocycles. The molecule has 1 fully saturated rings. The highest BCUT2D eigenvalue weighted by atomic mass is 16.7. The first-order valence-corrected chi connectivity index (χ1v) is 13.9. The van der Waals surface area contributed by atoms with Crippen LogP contribution in [-0.4, -0.2) is 18.3 Å². The summed E-state index contributed by atoms with van der Waals surface area (Å²) in [5, 5.41) is 2.12. The smallest absolute Gasteiger partial charge is 0.456 e. The molecule has 4 heteroatoms. The standard InChI is InChI=1S/C36H31BO3/c1-35(2)36(3,4)40-37(39-35)31-11-8-12-33-34(31)30-23-29(21-22-32(30)38-33)28-19-17-27(18-20-28)26-15-13-25(14-16-26)24-9-6-5-7-10-24/h5-23H,1-4H3. The van der Waals surface area contributed by atoms with Crippen molar-refractivity contribution < 1.29 is 13.7 Å². The molecule has 0 radical (unpaired) electrons. The summed E-state index contributed by atoms with van der Waals surface area (Å²) < 4.78 is 19.1. The molecular weight excluding hydrogens is 491 g/mol. The Morgan fingerprint density at radius 3 is 1.55 bits per heavy atom. The van der Waals surface area contributed by atoms with Gasteiger partial charge in [-0.2, -0.15) is 0 Å². The third kappa shape index (κ3) is 4.16. The summed E-state index contributed by atoms with van der Waals surface area (Å²) in [6, 6.07) is 40.5. The monoisotopic (exact) mass is 522 g/mol. The summed E-state index contributed by atoms with van der Waals surface area (Å²) in [6.07, 6.45) is 0. The van der Waals surface area contributed by atoms with Gasteiger partial charge in [-0.15, -0.1) is 0 Å². The van der Waals surface area contributed by atoms with E-state index in [-0.39, 0.29) is 0 Å². The van der Waals surface area contributed by atoms with Crippen molar-refractivity contribution in [1.82, 2.24) is 0 Å². The molecule has 3 nitrogen and oxygen atoms in total. The molecule has 0 bridgehead atoms. The minimum absolute atomic E-state index is 0.409. The van der Waals surface area contributed by atoms with E-state index in [2.05, 4.69) is 125 Å². The van der Waals surface area contributed by atoms with Gasteiger partial charge in [-0.25, -0.2) is 0 Å². The van der Waals surface area contributed by atoms with Gasteiger partial charge in [-0.1, -0.05) is 97.1 Å². The number of rotatable bonds is 4. The van der Waals surface area contributed by atoms with E-state index in [0.717, 1.165) is 38.5 Å². The van der Waals surface area contributed by atoms with Gasteiger partial charge in [0, 0.05) is 10.8 Å². The van der Waals surface area contributed by atoms with Gasteiger partial charge in [-0.3, -0.25) is 0 Å². The van der Waals surface area contributed by atoms with Gasteiger partial charge >= 0.3 is 7.12 Å². The van der Waals surface area contributed by atoms with Crippen LogP contribution in [0.2, 0.25) is 0 Å². The molecule has 0 unspecified atom stereocenters. The fourth-order valence-corrected chi connectivity index (χ4v) is 5.54. The Hall–Kier alpha value is -4.12. The van der Waals surface area contributed by atoms with Gasteiger partial charge in [0.15, 0.2) is 0 Å². The van der Waals surface area contributed by atoms with Gasteiger partial charge in [0.2, 0.25) is 0 Å². The Kier molecular flexibility index (Phi) is 5.74. The van der Waals surface area contributed by atoms with Crippen molar-refractivity contribution in [1.29, 1.82) is 0 Å². The first-order chi connectivity index (χ1) is 19.3. The molecule has 40 heavy (non-hydrogen) atoms. The summed E-state index contributed by atoms with van der Waals surface area (Å²) in [6.45, 7) is 8.33. The van der Waals surface area contributed by atoms with Crippen molar-refractivity contribution in [2.45, 2.75) is 38.9 Å². The summed E-state index contributed by atoms with van der Waals surface area (Å²) in [4.78, 5) is 0. The van der Waals surface area contributed by atoms with E-state index in [0.29, 0.717) is 0 Å². The van der Waals surface area contributed by atoms with Crippen LogP contribution < -0.4 is 5.46 Å². The van der Waals surface area contributed by atoms with E-state index >= 15 is 0 Å². The molecule has 1 aromatic heterocycles. The van der Waals surface area contributed by atoms with E-state index in [1.807, 2.05) is 18.2 Å². The van der Waals surface area contributed by atoms with E-state index < -0.39 is 18.3 Å². The van der Waals surface area contributed by atoms with Crippen LogP contribution in [-0.2, 0) is 9.31 Å². The van der Waals surface area contributed by atoms with Crippen LogP contribution in [0.1, 0.15) is 27.7 Å². The Bertz CT molecular complexity index is 1820. The molecule has 7 rings (SSSR count). The lowest BCUT2D eigenvalue weighted by molar-refractivity contribution is 0.00578. The Balaban J connectivity index is 1.22. The van der Waals surface area contributed by atoms with Crippen LogP contribution in [0.4, 0.5) is 0 Å². The van der Waals surface area contributed by atoms with Gasteiger partial charge in [-0.05, 0) is 84.7 Å². The maximum atomic E-state index is 6.42. The van der Waals surface area contributed by atoms with Crippen molar-refractivity contribution in [2.75, 3.05) is 0 Å². The van der Waals surface area contributed by atoms with Gasteiger partial charge in [0.25, 0.3) is 0 Å². The molecule has 1 aliphatic rings. The van der Waals surface area contributed by atoms with Crippen molar-refractivity contribution >= 4 is 34.5 Å². The number of hydrogen-bond acceptors (Lipinski definition) is 3. The van der Waals surface area contributed by atoms with Crippen LogP contribution in [0.15, 0.2) is 120 Å². The quantitative estimate of drug-likeness (QED) is 0.217. The zero-order valence-corrected chi connectivity index (χ0v) is 23.3. The zero-order valence-electron chi connectivity index (χ0n) is 23.3. The third-order valence-corrected chi connectivity index (χ3v) is 8.58. The lowest BCUT2D eigenvalue weighted by atomic mass is 9.76. The average molecular weight is 522 g/mol. The summed E-state index contributed by atoms with van der Waals surface area (Å²) in [5.74, 6) is 0. The highest BCUT2D eigenvalue weighted by molar-refractivity contribution is 6.66. The van der Waals surface area contributed by atoms with Gasteiger partial charge in [0.1, 0.15) is 11.2 Å². The van der Waals surface area contributed by atoms with Crippen LogP contribution in [0.25, 0.3) is 55.3 Å². The Labute approximate surface area is 235 Å². The van der Waals surface area contributed by atoms with Crippen LogP contribution >= 0.6 is 0 Å². The molecule has 0 spiro atoms. The topological polar surface area (TPSA) is 31.6 Å². The molecule has 2 heterocycles. The second kappa shape index (κ2) is 9.23. The molecule has 0 aliphatic carbocycles. The highest BCUT2D eigenvalue weighted by Crippen LogP contribution is 2.39. The maximum Gasteiger partial charge on any atom is 0.495 e. The number of furan rings is 1. The third-order valence-electron chi connectivity index (χ3n) is 8.58. The minimum atomic E-state index is -0.453. The SMILES string of the molecule is CC1(C)OB(c2cccc3oc4ccc(-c5ccc(-c6ccc(-c7ccccc7)cc6)cc5)cc4c23)OC1(C)C. The van der Waals surface area contributed by atoms with E-state index in [1.54, 1.807) is 0 Å². The summed E-state index contributed by atoms with van der Waals surface area (Å²) in [5.41, 5.74) is 9.04. The van der Waals surface area contributed by atoms with Crippen LogP contribution in [0.5, 0.6) is 0 Å². The molecular formula is C36H31BO3. The lowest BCUT2D eigenvalue weighted by Gasteiger charge is -2.32. The predicted octanol–water partition coefficient (Wildman–Crippen LogP) is 8.89. The molecule has 1 saturated heterocycles. The number of hydrogen-bond donors (Lipinski definition) is 0. The average Bonchev–Trinajstić information content (AvgIpc) is 3.45. The largest absolute Gasteiger partial charge is 0.495 e. The number of fused-ring (bicyclic) bond motifs is 3. The molecule has 6 aromatic rings. The molecule has 1 aliphatic heterocycles. The van der Waals surface area contributed by atoms with E-state index in [9.17, 15) is 0 Å². The summed E-state index contributed by atoms with van der Waals surface area (Å²) >= 11 is 0. The van der Waals surface area contributed by atoms with E-state index in [4.69, 9.17) is 13.7 Å². The molecule has 0 N–H and O–H groups in total. The predicted molar refractivity (Wildman–Crippen MR) is 166 cm³/mol. The van der Waals surface area contributed by atoms with Crippen molar-refractivity contribution in [3.63, 3.8) is 0 Å². The summed E-state index contributed by atoms with van der Waals surface area (Å²) in [7, 11) is -0.453. The minimum Gasteiger partial charge on any atom is -0.456 e. The maximum absolute atomic E-state index is 6.42. The Morgan fingerprint density at radius 1 is 0.475 bits per heavy atom. The normalized spacial score (nSPS) is 16.1. The molecule has 196 valence electrons. The molecule has 0 amide bonds. The fourth-order valence-electron chi connectivity index (χ4n) is 5.54. The first kappa shape index (κ1) is 24.9. The number of benzene rings is 5. The lowest BCUT2D eigenvalue weighted by Crippen LogP contribution is -2.41. The van der Waals surface area contributed by atoms with E-state index in [1.165, 1.54) is 22.3 Å². The second-order valence-electron chi connectivity index (χ2n) is 11.6. The van der Waals surface area contributed by atoms with Gasteiger partial charge in [0.05, 0.1) is 11.2 Å². The Morgan fingerprint density at radius 2 is 0.975 bits per heavy atom. The fraction of sp³-hybridized carbons (Fsp3) is 0.167. The zero-order chi connectivity index (χ0) is 27.5. The van der Waals surface area contributed by atoms with Crippen LogP contribution in [0.3, 0.4) is 0 Å². The van der Waals surface area contributed by atoms with Crippen molar-refractivity contribution in [3.8, 4) is 33.4 Å². The highest BCUT2D eigenvalue weighted by Gasteiger charge is 2.52. The molecule has 0 atom stereocenters. The van der Waals surface area contributed by atoms with Crippen LogP contribution in [0, 0.1) is 0 Å². The molecule has 5 aromatic carbocycles. The first-order valence-electron chi connectivity index (χ1n) is 13.9. The second-order valence-corrected chi connectivity index (χ2v) is 11.6.